The van der Waals surface area contributed by atoms with E-state index in [1.165, 1.54) is 19.5 Å². The van der Waals surface area contributed by atoms with E-state index in [0.29, 0.717) is 22.8 Å². The number of aromatic nitrogens is 4. The number of rotatable bonds is 6. The third kappa shape index (κ3) is 3.87. The summed E-state index contributed by atoms with van der Waals surface area (Å²) >= 11 is 0. The number of methoxy groups -OCH3 is 1. The summed E-state index contributed by atoms with van der Waals surface area (Å²) in [6.45, 7) is -1.13. The Morgan fingerprint density at radius 2 is 2.08 bits per heavy atom. The van der Waals surface area contributed by atoms with Crippen LogP contribution in [-0.2, 0) is 6.42 Å². The van der Waals surface area contributed by atoms with Crippen LogP contribution in [0.1, 0.15) is 17.1 Å². The van der Waals surface area contributed by atoms with E-state index >= 15 is 0 Å². The summed E-state index contributed by atoms with van der Waals surface area (Å²) in [5.74, 6) is 0.853. The van der Waals surface area contributed by atoms with Crippen molar-refractivity contribution in [3.63, 3.8) is 0 Å². The Morgan fingerprint density at radius 3 is 2.80 bits per heavy atom. The van der Waals surface area contributed by atoms with Gasteiger partial charge in [-0.2, -0.15) is 13.8 Å². The molecule has 0 spiro atoms. The van der Waals surface area contributed by atoms with Gasteiger partial charge in [-0.05, 0) is 24.6 Å². The minimum Gasteiger partial charge on any atom is -0.493 e. The molecule has 9 heteroatoms. The van der Waals surface area contributed by atoms with Crippen LogP contribution in [0.2, 0.25) is 0 Å². The molecule has 2 aromatic heterocycles. The predicted molar refractivity (Wildman–Crippen MR) is 82.5 cm³/mol. The molecule has 0 amide bonds. The van der Waals surface area contributed by atoms with Gasteiger partial charge >= 0.3 is 6.61 Å². The van der Waals surface area contributed by atoms with E-state index in [1.54, 1.807) is 18.3 Å². The zero-order valence-corrected chi connectivity index (χ0v) is 13.4. The summed E-state index contributed by atoms with van der Waals surface area (Å²) in [6.07, 6.45) is 3.28. The van der Waals surface area contributed by atoms with Gasteiger partial charge in [0.05, 0.1) is 24.8 Å². The van der Waals surface area contributed by atoms with E-state index in [-0.39, 0.29) is 17.9 Å². The van der Waals surface area contributed by atoms with Crippen molar-refractivity contribution in [3.05, 3.63) is 47.9 Å². The zero-order valence-electron chi connectivity index (χ0n) is 13.4. The predicted octanol–water partition coefficient (Wildman–Crippen LogP) is 3.04. The maximum atomic E-state index is 12.5. The van der Waals surface area contributed by atoms with Crippen LogP contribution in [0.4, 0.5) is 8.78 Å². The quantitative estimate of drug-likeness (QED) is 0.677. The van der Waals surface area contributed by atoms with Crippen molar-refractivity contribution in [2.75, 3.05) is 7.11 Å². The number of nitrogens with zero attached hydrogens (tertiary/aromatic N) is 4. The summed E-state index contributed by atoms with van der Waals surface area (Å²) in [5.41, 5.74) is 2.04. The van der Waals surface area contributed by atoms with Crippen molar-refractivity contribution in [2.24, 2.45) is 0 Å². The molecule has 0 saturated heterocycles. The number of hydrogen-bond acceptors (Lipinski definition) is 7. The van der Waals surface area contributed by atoms with E-state index < -0.39 is 6.61 Å². The van der Waals surface area contributed by atoms with Gasteiger partial charge in [-0.3, -0.25) is 0 Å². The van der Waals surface area contributed by atoms with Gasteiger partial charge in [-0.1, -0.05) is 11.2 Å². The van der Waals surface area contributed by atoms with Crippen LogP contribution in [0.5, 0.6) is 11.5 Å². The van der Waals surface area contributed by atoms with Gasteiger partial charge < -0.3 is 14.0 Å². The molecular formula is C16H14F2N4O3. The molecule has 0 atom stereocenters. The van der Waals surface area contributed by atoms with E-state index in [9.17, 15) is 8.78 Å². The van der Waals surface area contributed by atoms with Gasteiger partial charge in [0.15, 0.2) is 11.5 Å². The molecule has 0 aliphatic heterocycles. The van der Waals surface area contributed by atoms with E-state index in [0.717, 1.165) is 5.69 Å². The van der Waals surface area contributed by atoms with Gasteiger partial charge in [0.2, 0.25) is 11.7 Å². The van der Waals surface area contributed by atoms with Crippen LogP contribution in [0.25, 0.3) is 11.4 Å². The molecule has 3 aromatic rings. The number of halogens is 2. The first-order valence-electron chi connectivity index (χ1n) is 7.28. The molecule has 0 saturated carbocycles. The van der Waals surface area contributed by atoms with Gasteiger partial charge in [0.1, 0.15) is 6.33 Å². The van der Waals surface area contributed by atoms with E-state index in [4.69, 9.17) is 9.26 Å². The second-order valence-corrected chi connectivity index (χ2v) is 5.07. The van der Waals surface area contributed by atoms with Crippen LogP contribution in [0, 0.1) is 6.92 Å². The number of benzene rings is 1. The molecular weight excluding hydrogens is 334 g/mol. The molecule has 130 valence electrons. The third-order valence-electron chi connectivity index (χ3n) is 3.42. The summed E-state index contributed by atoms with van der Waals surface area (Å²) < 4.78 is 39.7. The lowest BCUT2D eigenvalue weighted by molar-refractivity contribution is -0.0512. The molecule has 3 rings (SSSR count). The molecule has 25 heavy (non-hydrogen) atoms. The lowest BCUT2D eigenvalue weighted by Gasteiger charge is -2.10. The molecule has 0 aliphatic rings. The molecule has 2 heterocycles. The number of ether oxygens (including phenoxy) is 2. The highest BCUT2D eigenvalue weighted by atomic mass is 19.3. The molecule has 0 bridgehead atoms. The Labute approximate surface area is 141 Å². The summed E-state index contributed by atoms with van der Waals surface area (Å²) in [5, 5.41) is 3.91. The van der Waals surface area contributed by atoms with Crippen LogP contribution in [0.3, 0.4) is 0 Å². The fourth-order valence-corrected chi connectivity index (χ4v) is 2.24. The van der Waals surface area contributed by atoms with E-state index in [2.05, 4.69) is 24.8 Å². The Hall–Kier alpha value is -3.10. The average Bonchev–Trinajstić information content (AvgIpc) is 3.03. The van der Waals surface area contributed by atoms with E-state index in [1.807, 2.05) is 6.92 Å². The minimum atomic E-state index is -2.94. The van der Waals surface area contributed by atoms with Crippen LogP contribution in [-0.4, -0.2) is 33.8 Å². The van der Waals surface area contributed by atoms with Crippen molar-refractivity contribution in [2.45, 2.75) is 20.0 Å². The summed E-state index contributed by atoms with van der Waals surface area (Å²) in [4.78, 5) is 12.3. The van der Waals surface area contributed by atoms with Crippen molar-refractivity contribution >= 4 is 0 Å². The van der Waals surface area contributed by atoms with Crippen molar-refractivity contribution in [3.8, 4) is 22.9 Å². The fourth-order valence-electron chi connectivity index (χ4n) is 2.24. The molecule has 0 unspecified atom stereocenters. The van der Waals surface area contributed by atoms with Crippen LogP contribution < -0.4 is 9.47 Å². The molecule has 7 nitrogen and oxygen atoms in total. The molecule has 0 aliphatic carbocycles. The second kappa shape index (κ2) is 7.20. The summed E-state index contributed by atoms with van der Waals surface area (Å²) in [6, 6.07) is 4.70. The van der Waals surface area contributed by atoms with Gasteiger partial charge in [-0.25, -0.2) is 9.97 Å². The number of aryl methyl sites for hydroxylation is 1. The maximum absolute atomic E-state index is 12.5. The average molecular weight is 348 g/mol. The second-order valence-electron chi connectivity index (χ2n) is 5.07. The SMILES string of the molecule is COc1ccc(Cc2nc(-c3cncnc3C)no2)cc1OC(F)F. The van der Waals surface area contributed by atoms with Gasteiger partial charge in [0, 0.05) is 6.20 Å². The fraction of sp³-hybridized carbons (Fsp3) is 0.250. The first kappa shape index (κ1) is 16.7. The van der Waals surface area contributed by atoms with Crippen molar-refractivity contribution in [1.29, 1.82) is 0 Å². The lowest BCUT2D eigenvalue weighted by Crippen LogP contribution is -2.04. The lowest BCUT2D eigenvalue weighted by atomic mass is 10.1. The minimum absolute atomic E-state index is 0.0537. The van der Waals surface area contributed by atoms with Crippen LogP contribution >= 0.6 is 0 Å². The standard InChI is InChI=1S/C16H14F2N4O3/c1-9-11(7-19-8-20-9)15-21-14(25-22-15)6-10-3-4-12(23-2)13(5-10)24-16(17)18/h3-5,7-8,16H,6H2,1-2H3. The molecule has 0 N–H and O–H groups in total. The van der Waals surface area contributed by atoms with Gasteiger partial charge in [0.25, 0.3) is 0 Å². The van der Waals surface area contributed by atoms with Gasteiger partial charge in [-0.15, -0.1) is 0 Å². The highest BCUT2D eigenvalue weighted by molar-refractivity contribution is 5.55. The Kier molecular flexibility index (Phi) is 4.82. The molecule has 0 fully saturated rings. The normalized spacial score (nSPS) is 10.9. The highest BCUT2D eigenvalue weighted by Crippen LogP contribution is 2.30. The molecule has 1 aromatic carbocycles. The number of hydrogen-bond donors (Lipinski definition) is 0. The zero-order chi connectivity index (χ0) is 17.8. The Bertz CT molecular complexity index is 870. The Morgan fingerprint density at radius 1 is 1.24 bits per heavy atom. The number of alkyl halides is 2. The highest BCUT2D eigenvalue weighted by Gasteiger charge is 2.15. The Balaban J connectivity index is 1.82. The van der Waals surface area contributed by atoms with Crippen molar-refractivity contribution in [1.82, 2.24) is 20.1 Å². The summed E-state index contributed by atoms with van der Waals surface area (Å²) in [7, 11) is 1.38. The first-order valence-corrected chi connectivity index (χ1v) is 7.28. The first-order chi connectivity index (χ1) is 12.1. The largest absolute Gasteiger partial charge is 0.493 e. The molecule has 0 radical (unpaired) electrons. The van der Waals surface area contributed by atoms with Crippen LogP contribution in [0.15, 0.2) is 35.2 Å². The smallest absolute Gasteiger partial charge is 0.387 e. The third-order valence-corrected chi connectivity index (χ3v) is 3.42. The monoisotopic (exact) mass is 348 g/mol. The maximum Gasteiger partial charge on any atom is 0.387 e. The topological polar surface area (TPSA) is 83.2 Å². The van der Waals surface area contributed by atoms with Crippen molar-refractivity contribution < 1.29 is 22.8 Å².